The van der Waals surface area contributed by atoms with Gasteiger partial charge in [-0.05, 0) is 41.5 Å². The molecule has 0 saturated carbocycles. The van der Waals surface area contributed by atoms with Crippen LogP contribution in [0.4, 0.5) is 4.39 Å². The summed E-state index contributed by atoms with van der Waals surface area (Å²) in [5.41, 5.74) is 2.36. The summed E-state index contributed by atoms with van der Waals surface area (Å²) in [6.45, 7) is 0. The summed E-state index contributed by atoms with van der Waals surface area (Å²) in [5.74, 6) is -0.506. The van der Waals surface area contributed by atoms with Gasteiger partial charge < -0.3 is 5.01 Å². The lowest BCUT2D eigenvalue weighted by Gasteiger charge is -2.02. The molecule has 2 rings (SSSR count). The van der Waals surface area contributed by atoms with Crippen LogP contribution in [-0.4, -0.2) is 31.1 Å². The van der Waals surface area contributed by atoms with Crippen molar-refractivity contribution in [2.75, 3.05) is 14.1 Å². The molecule has 2 aromatic rings. The van der Waals surface area contributed by atoms with Gasteiger partial charge in [0.15, 0.2) is 5.78 Å². The summed E-state index contributed by atoms with van der Waals surface area (Å²) in [6, 6.07) is 13.2. The fourth-order valence-electron chi connectivity index (χ4n) is 1.76. The summed E-state index contributed by atoms with van der Waals surface area (Å²) < 4.78 is 12.8. The number of nitrogens with zero attached hydrogens (tertiary/aromatic N) is 2. The average Bonchev–Trinajstić information content (AvgIpc) is 2.52. The standard InChI is InChI=1S/C18H17FN2O/c1-21(2)20-13-15-5-3-14(4-6-15)7-12-18(22)16-8-10-17(19)11-9-16/h3-13H,1-2H3/b12-7+,20-13-. The summed E-state index contributed by atoms with van der Waals surface area (Å²) >= 11 is 0. The maximum Gasteiger partial charge on any atom is 0.185 e. The van der Waals surface area contributed by atoms with Gasteiger partial charge in [-0.15, -0.1) is 0 Å². The van der Waals surface area contributed by atoms with E-state index in [2.05, 4.69) is 5.10 Å². The molecule has 0 N–H and O–H groups in total. The molecule has 4 heteroatoms. The van der Waals surface area contributed by atoms with Crippen LogP contribution in [0.15, 0.2) is 59.7 Å². The Morgan fingerprint density at radius 2 is 1.59 bits per heavy atom. The largest absolute Gasteiger partial charge is 0.303 e. The molecule has 0 aliphatic carbocycles. The first-order valence-electron chi connectivity index (χ1n) is 6.84. The van der Waals surface area contributed by atoms with Crippen molar-refractivity contribution in [3.63, 3.8) is 0 Å². The minimum atomic E-state index is -0.351. The van der Waals surface area contributed by atoms with Crippen molar-refractivity contribution in [3.8, 4) is 0 Å². The SMILES string of the molecule is CN(C)/N=C\c1ccc(/C=C/C(=O)c2ccc(F)cc2)cc1. The molecule has 0 aliphatic heterocycles. The summed E-state index contributed by atoms with van der Waals surface area (Å²) in [7, 11) is 3.71. The minimum Gasteiger partial charge on any atom is -0.303 e. The molecule has 0 aromatic heterocycles. The first-order chi connectivity index (χ1) is 10.5. The predicted molar refractivity (Wildman–Crippen MR) is 87.5 cm³/mol. The van der Waals surface area contributed by atoms with Crippen LogP contribution >= 0.6 is 0 Å². The molecule has 0 spiro atoms. The fourth-order valence-corrected chi connectivity index (χ4v) is 1.76. The molecule has 0 radical (unpaired) electrons. The maximum atomic E-state index is 12.8. The van der Waals surface area contributed by atoms with Crippen molar-refractivity contribution in [2.24, 2.45) is 5.10 Å². The monoisotopic (exact) mass is 296 g/mol. The van der Waals surface area contributed by atoms with Gasteiger partial charge in [0.05, 0.1) is 6.21 Å². The first-order valence-corrected chi connectivity index (χ1v) is 6.84. The third kappa shape index (κ3) is 4.66. The third-order valence-corrected chi connectivity index (χ3v) is 2.93. The number of ketones is 1. The quantitative estimate of drug-likeness (QED) is 0.365. The Labute approximate surface area is 129 Å². The number of carbonyl (C=O) groups is 1. The molecule has 0 saturated heterocycles. The van der Waals surface area contributed by atoms with Crippen LogP contribution in [0, 0.1) is 5.82 Å². The van der Waals surface area contributed by atoms with Gasteiger partial charge in [-0.2, -0.15) is 5.10 Å². The predicted octanol–water partition coefficient (Wildman–Crippen LogP) is 3.62. The van der Waals surface area contributed by atoms with Gasteiger partial charge >= 0.3 is 0 Å². The second-order valence-electron chi connectivity index (χ2n) is 4.96. The molecule has 22 heavy (non-hydrogen) atoms. The zero-order valence-electron chi connectivity index (χ0n) is 12.5. The zero-order valence-corrected chi connectivity index (χ0v) is 12.5. The Morgan fingerprint density at radius 1 is 1.00 bits per heavy atom. The topological polar surface area (TPSA) is 32.7 Å². The van der Waals surface area contributed by atoms with E-state index in [-0.39, 0.29) is 11.6 Å². The van der Waals surface area contributed by atoms with Crippen molar-refractivity contribution in [1.29, 1.82) is 0 Å². The van der Waals surface area contributed by atoms with E-state index in [4.69, 9.17) is 0 Å². The Morgan fingerprint density at radius 3 is 2.18 bits per heavy atom. The fraction of sp³-hybridized carbons (Fsp3) is 0.111. The molecule has 0 bridgehead atoms. The average molecular weight is 296 g/mol. The van der Waals surface area contributed by atoms with Crippen molar-refractivity contribution >= 4 is 18.1 Å². The number of benzene rings is 2. The molecular weight excluding hydrogens is 279 g/mol. The second kappa shape index (κ2) is 7.31. The number of hydrazone groups is 1. The molecular formula is C18H17FN2O. The van der Waals surface area contributed by atoms with Gasteiger partial charge in [0.1, 0.15) is 5.82 Å². The van der Waals surface area contributed by atoms with Gasteiger partial charge in [-0.3, -0.25) is 4.79 Å². The highest BCUT2D eigenvalue weighted by atomic mass is 19.1. The van der Waals surface area contributed by atoms with Gasteiger partial charge in [-0.1, -0.05) is 30.3 Å². The highest BCUT2D eigenvalue weighted by Crippen LogP contribution is 2.08. The third-order valence-electron chi connectivity index (χ3n) is 2.93. The van der Waals surface area contributed by atoms with E-state index in [1.54, 1.807) is 17.3 Å². The van der Waals surface area contributed by atoms with Crippen LogP contribution < -0.4 is 0 Å². The molecule has 0 atom stereocenters. The number of carbonyl (C=O) groups excluding carboxylic acids is 1. The Balaban J connectivity index is 2.03. The lowest BCUT2D eigenvalue weighted by Crippen LogP contribution is -2.01. The molecule has 0 amide bonds. The number of hydrogen-bond acceptors (Lipinski definition) is 3. The molecule has 0 heterocycles. The summed E-state index contributed by atoms with van der Waals surface area (Å²) in [4.78, 5) is 11.9. The lowest BCUT2D eigenvalue weighted by atomic mass is 10.1. The lowest BCUT2D eigenvalue weighted by molar-refractivity contribution is 0.104. The highest BCUT2D eigenvalue weighted by Gasteiger charge is 2.01. The van der Waals surface area contributed by atoms with Crippen molar-refractivity contribution in [2.45, 2.75) is 0 Å². The summed E-state index contributed by atoms with van der Waals surface area (Å²) in [5, 5.41) is 5.87. The van der Waals surface area contributed by atoms with E-state index >= 15 is 0 Å². The molecule has 112 valence electrons. The Bertz CT molecular complexity index is 686. The molecule has 0 aliphatic rings. The molecule has 2 aromatic carbocycles. The molecule has 3 nitrogen and oxygen atoms in total. The van der Waals surface area contributed by atoms with Crippen LogP contribution in [0.5, 0.6) is 0 Å². The smallest absolute Gasteiger partial charge is 0.185 e. The van der Waals surface area contributed by atoms with Gasteiger partial charge in [0.25, 0.3) is 0 Å². The number of allylic oxidation sites excluding steroid dienone is 1. The van der Waals surface area contributed by atoms with E-state index in [0.29, 0.717) is 5.56 Å². The van der Waals surface area contributed by atoms with E-state index in [9.17, 15) is 9.18 Å². The van der Waals surface area contributed by atoms with E-state index in [0.717, 1.165) is 11.1 Å². The Hall–Kier alpha value is -2.75. The Kier molecular flexibility index (Phi) is 5.20. The number of rotatable bonds is 5. The normalized spacial score (nSPS) is 11.2. The molecule has 0 unspecified atom stereocenters. The van der Waals surface area contributed by atoms with Crippen LogP contribution in [0.3, 0.4) is 0 Å². The van der Waals surface area contributed by atoms with Crippen LogP contribution in [-0.2, 0) is 0 Å². The minimum absolute atomic E-state index is 0.154. The van der Waals surface area contributed by atoms with Crippen LogP contribution in [0.25, 0.3) is 6.08 Å². The van der Waals surface area contributed by atoms with Gasteiger partial charge in [-0.25, -0.2) is 4.39 Å². The van der Waals surface area contributed by atoms with Crippen molar-refractivity contribution in [3.05, 3.63) is 77.1 Å². The van der Waals surface area contributed by atoms with E-state index < -0.39 is 0 Å². The van der Waals surface area contributed by atoms with Gasteiger partial charge in [0.2, 0.25) is 0 Å². The maximum absolute atomic E-state index is 12.8. The number of hydrogen-bond donors (Lipinski definition) is 0. The highest BCUT2D eigenvalue weighted by molar-refractivity contribution is 6.06. The van der Waals surface area contributed by atoms with Gasteiger partial charge in [0, 0.05) is 19.7 Å². The van der Waals surface area contributed by atoms with E-state index in [1.807, 2.05) is 38.4 Å². The van der Waals surface area contributed by atoms with E-state index in [1.165, 1.54) is 30.3 Å². The van der Waals surface area contributed by atoms with Crippen molar-refractivity contribution in [1.82, 2.24) is 5.01 Å². The second-order valence-corrected chi connectivity index (χ2v) is 4.96. The first kappa shape index (κ1) is 15.6. The van der Waals surface area contributed by atoms with Crippen molar-refractivity contribution < 1.29 is 9.18 Å². The van der Waals surface area contributed by atoms with Crippen LogP contribution in [0.2, 0.25) is 0 Å². The molecule has 0 fully saturated rings. The zero-order chi connectivity index (χ0) is 15.9. The van der Waals surface area contributed by atoms with Crippen LogP contribution in [0.1, 0.15) is 21.5 Å². The number of halogens is 1. The summed E-state index contributed by atoms with van der Waals surface area (Å²) in [6.07, 6.45) is 4.98.